The maximum Gasteiger partial charge on any atom is 2.00 e. The predicted molar refractivity (Wildman–Crippen MR) is 11.6 cm³/mol. The Morgan fingerprint density at radius 3 is 0.444 bits per heavy atom. The van der Waals surface area contributed by atoms with E-state index < -0.39 is 0 Å². The quantitative estimate of drug-likeness (QED) is 0.512. The molecule has 0 fully saturated rings. The zero-order chi connectivity index (χ0) is 0. The second-order valence-electron chi connectivity index (χ2n) is 0. The van der Waals surface area contributed by atoms with Crippen LogP contribution < -0.4 is 0 Å². The van der Waals surface area contributed by atoms with Gasteiger partial charge in [-0.1, -0.05) is 0 Å². The fourth-order valence-electron chi connectivity index (χ4n) is 0. The Balaban J connectivity index is 0. The average Bonchev–Trinajstić information content (AvgIpc) is 0. The Bertz CT molecular complexity index is 13.0. The summed E-state index contributed by atoms with van der Waals surface area (Å²) in [4.78, 5) is 0. The van der Waals surface area contributed by atoms with Gasteiger partial charge >= 0.3 is 53.0 Å². The molecule has 0 aromatic heterocycles. The summed E-state index contributed by atoms with van der Waals surface area (Å²) < 4.78 is 0. The summed E-state index contributed by atoms with van der Waals surface area (Å²) in [5, 5.41) is 0. The van der Waals surface area contributed by atoms with E-state index in [4.69, 9.17) is 0 Å². The first-order chi connectivity index (χ1) is 0. The Hall–Kier alpha value is 1.40. The van der Waals surface area contributed by atoms with E-state index in [0.29, 0.717) is 0 Å². The van der Waals surface area contributed by atoms with Gasteiger partial charge in [0.2, 0.25) is 0 Å². The van der Waals surface area contributed by atoms with E-state index in [2.05, 4.69) is 0 Å². The van der Waals surface area contributed by atoms with Crippen LogP contribution in [-0.4, -0.2) is 32.9 Å². The van der Waals surface area contributed by atoms with Crippen LogP contribution in [0.5, 0.6) is 0 Å². The fourth-order valence-corrected chi connectivity index (χ4v) is 0. The smallest absolute Gasteiger partial charge is 0.870 e. The fraction of sp³-hybridized carbons (Fsp3) is 0. The third-order valence-corrected chi connectivity index (χ3v) is 0. The predicted octanol–water partition coefficient (Wildman–Crippen LogP) is -1.07. The molecule has 65 valence electrons. The molecule has 6 N–H and O–H groups in total. The second kappa shape index (κ2) is 340. The van der Waals surface area contributed by atoms with Crippen LogP contribution in [0.1, 0.15) is 0 Å². The van der Waals surface area contributed by atoms with Crippen LogP contribution in [0.25, 0.3) is 0 Å². The Kier molecular flexibility index (Phi) is 17800. The van der Waals surface area contributed by atoms with Gasteiger partial charge in [0.1, 0.15) is 0 Å². The topological polar surface area (TPSA) is 180 Å². The third kappa shape index (κ3) is 264. The molecule has 6 nitrogen and oxygen atoms in total. The van der Waals surface area contributed by atoms with Crippen molar-refractivity contribution in [1.29, 1.82) is 0 Å². The van der Waals surface area contributed by atoms with Crippen molar-refractivity contribution in [2.75, 3.05) is 0 Å². The van der Waals surface area contributed by atoms with Crippen molar-refractivity contribution in [3.05, 3.63) is 0 Å². The van der Waals surface area contributed by atoms with Gasteiger partial charge in [-0.15, -0.1) is 0 Å². The number of hydrogen-bond acceptors (Lipinski definition) is 6. The molecule has 0 aliphatic carbocycles. The van der Waals surface area contributed by atoms with E-state index in [1.54, 1.807) is 0 Å². The first-order valence-electron chi connectivity index (χ1n) is 0. The molecule has 0 aliphatic heterocycles. The van der Waals surface area contributed by atoms with Crippen molar-refractivity contribution in [3.63, 3.8) is 0 Å². The Labute approximate surface area is 85.8 Å². The van der Waals surface area contributed by atoms with Crippen LogP contribution in [0, 0.1) is 0 Å². The van der Waals surface area contributed by atoms with Gasteiger partial charge in [0.15, 0.2) is 0 Å². The van der Waals surface area contributed by atoms with E-state index in [1.807, 2.05) is 0 Å². The first-order valence-corrected chi connectivity index (χ1v) is 0. The minimum Gasteiger partial charge on any atom is -0.870 e. The van der Waals surface area contributed by atoms with Crippen molar-refractivity contribution in [3.8, 4) is 0 Å². The van der Waals surface area contributed by atoms with Gasteiger partial charge < -0.3 is 32.9 Å². The molecule has 0 bridgehead atoms. The summed E-state index contributed by atoms with van der Waals surface area (Å²) in [5.74, 6) is 0. The van der Waals surface area contributed by atoms with Crippen LogP contribution in [0.15, 0.2) is 0 Å². The van der Waals surface area contributed by atoms with Crippen molar-refractivity contribution in [1.82, 2.24) is 0 Å². The Morgan fingerprint density at radius 2 is 0.444 bits per heavy atom. The van der Waals surface area contributed by atoms with Gasteiger partial charge in [-0.25, -0.2) is 0 Å². The zero-order valence-electron chi connectivity index (χ0n) is 4.01. The molecular weight excluding hydrogens is 284 g/mol. The molecule has 0 aromatic rings. The van der Waals surface area contributed by atoms with Gasteiger partial charge in [-0.3, -0.25) is 0 Å². The molecular formula is H6CuNiO6Zn. The monoisotopic (exact) mass is 287 g/mol. The van der Waals surface area contributed by atoms with Crippen molar-refractivity contribution < 1.29 is 85.9 Å². The molecule has 0 saturated heterocycles. The van der Waals surface area contributed by atoms with E-state index in [9.17, 15) is 0 Å². The molecule has 0 amide bonds. The van der Waals surface area contributed by atoms with Gasteiger partial charge in [0.25, 0.3) is 0 Å². The zero-order valence-corrected chi connectivity index (χ0v) is 8.90. The molecule has 0 atom stereocenters. The summed E-state index contributed by atoms with van der Waals surface area (Å²) in [5.41, 5.74) is 0. The maximum atomic E-state index is 0. The molecule has 0 aromatic carbocycles. The van der Waals surface area contributed by atoms with E-state index in [1.165, 1.54) is 0 Å². The van der Waals surface area contributed by atoms with Gasteiger partial charge in [0.05, 0.1) is 0 Å². The summed E-state index contributed by atoms with van der Waals surface area (Å²) >= 11 is 0. The molecule has 0 spiro atoms. The molecule has 0 saturated carbocycles. The standard InChI is InChI=1S/Cu.Ni.6H2O.Zn/h;;6*1H2;/q2*+2;;;;;;;+2/p-6. The van der Waals surface area contributed by atoms with Gasteiger partial charge in [-0.05, 0) is 0 Å². The van der Waals surface area contributed by atoms with Crippen LogP contribution in [0.2, 0.25) is 0 Å². The van der Waals surface area contributed by atoms with Crippen LogP contribution in [-0.2, 0) is 53.0 Å². The second-order valence-corrected chi connectivity index (χ2v) is 0. The van der Waals surface area contributed by atoms with Gasteiger partial charge in [-0.2, -0.15) is 0 Å². The van der Waals surface area contributed by atoms with E-state index >= 15 is 0 Å². The maximum absolute atomic E-state index is 0. The van der Waals surface area contributed by atoms with Crippen molar-refractivity contribution >= 4 is 0 Å². The van der Waals surface area contributed by atoms with Crippen LogP contribution in [0.3, 0.4) is 0 Å². The van der Waals surface area contributed by atoms with E-state index in [0.717, 1.165) is 0 Å². The largest absolute Gasteiger partial charge is 2.00 e. The van der Waals surface area contributed by atoms with Gasteiger partial charge in [0, 0.05) is 0 Å². The van der Waals surface area contributed by atoms with Crippen LogP contribution in [0.4, 0.5) is 0 Å². The summed E-state index contributed by atoms with van der Waals surface area (Å²) in [6.07, 6.45) is 0. The molecule has 0 unspecified atom stereocenters. The van der Waals surface area contributed by atoms with Crippen molar-refractivity contribution in [2.45, 2.75) is 0 Å². The third-order valence-electron chi connectivity index (χ3n) is 0. The minimum atomic E-state index is 0. The number of rotatable bonds is 0. The SMILES string of the molecule is [Cu+2].[Ni+2].[OH-].[OH-].[OH-].[OH-].[OH-].[OH-].[Zn+2]. The molecule has 9 heavy (non-hydrogen) atoms. The minimum absolute atomic E-state index is 0. The van der Waals surface area contributed by atoms with Crippen LogP contribution >= 0.6 is 0 Å². The number of hydrogen-bond donors (Lipinski definition) is 0. The Morgan fingerprint density at radius 1 is 0.444 bits per heavy atom. The first kappa shape index (κ1) is 471. The molecule has 9 heteroatoms. The molecule has 0 heterocycles. The molecule has 0 rings (SSSR count). The summed E-state index contributed by atoms with van der Waals surface area (Å²) in [6.45, 7) is 0. The average molecular weight is 290 g/mol. The normalized spacial score (nSPS) is 0. The summed E-state index contributed by atoms with van der Waals surface area (Å²) in [7, 11) is 0. The van der Waals surface area contributed by atoms with E-state index in [-0.39, 0.29) is 85.9 Å². The molecule has 1 radical (unpaired) electrons. The molecule has 0 aliphatic rings. The van der Waals surface area contributed by atoms with Crippen molar-refractivity contribution in [2.24, 2.45) is 0 Å². The summed E-state index contributed by atoms with van der Waals surface area (Å²) in [6, 6.07) is 0.